The zero-order chi connectivity index (χ0) is 11.9. The van der Waals surface area contributed by atoms with Crippen molar-refractivity contribution in [3.05, 3.63) is 29.8 Å². The van der Waals surface area contributed by atoms with Crippen LogP contribution in [0.4, 0.5) is 5.69 Å². The fourth-order valence-electron chi connectivity index (χ4n) is 1.77. The molecule has 2 heteroatoms. The van der Waals surface area contributed by atoms with Crippen molar-refractivity contribution in [3.63, 3.8) is 0 Å². The largest absolute Gasteiger partial charge is 0.354 e. The first-order valence-electron chi connectivity index (χ1n) is 6.10. The van der Waals surface area contributed by atoms with E-state index in [4.69, 9.17) is 2.78 Å². The molecule has 3 atom stereocenters. The fraction of sp³-hybridized carbons (Fsp3) is 0.500. The molecule has 1 N–H and O–H groups in total. The number of hydrogen-bond donors (Lipinski definition) is 1. The van der Waals surface area contributed by atoms with Gasteiger partial charge in [-0.1, -0.05) is 18.2 Å². The van der Waals surface area contributed by atoms with Gasteiger partial charge in [0.05, 0.1) is 8.02 Å². The lowest BCUT2D eigenvalue weighted by molar-refractivity contribution is 0.604. The summed E-state index contributed by atoms with van der Waals surface area (Å²) in [5, 5.41) is 1.36. The van der Waals surface area contributed by atoms with Gasteiger partial charge in [0.2, 0.25) is 0 Å². The van der Waals surface area contributed by atoms with Crippen molar-refractivity contribution in [1.82, 2.24) is 5.31 Å². The number of rotatable bonds is 1. The van der Waals surface area contributed by atoms with Gasteiger partial charge in [-0.3, -0.25) is 5.31 Å². The number of aryl methyl sites for hydroxylation is 1. The van der Waals surface area contributed by atoms with E-state index in [0.29, 0.717) is 0 Å². The molecule has 0 aliphatic carbocycles. The number of nitrogens with one attached hydrogen (secondary N) is 1. The molecule has 0 aromatic heterocycles. The Morgan fingerprint density at radius 2 is 2.21 bits per heavy atom. The van der Waals surface area contributed by atoms with Crippen LogP contribution in [-0.2, 0) is 0 Å². The number of benzene rings is 1. The van der Waals surface area contributed by atoms with Crippen molar-refractivity contribution in [3.8, 4) is 0 Å². The van der Waals surface area contributed by atoms with Crippen LogP contribution in [0, 0.1) is 6.92 Å². The minimum absolute atomic E-state index is 0.0853. The van der Waals surface area contributed by atoms with Gasteiger partial charge >= 0.3 is 0 Å². The van der Waals surface area contributed by atoms with Gasteiger partial charge in [0.25, 0.3) is 0 Å². The highest BCUT2D eigenvalue weighted by Crippen LogP contribution is 2.24. The van der Waals surface area contributed by atoms with Crippen molar-refractivity contribution in [2.45, 2.75) is 32.9 Å². The van der Waals surface area contributed by atoms with Crippen LogP contribution in [0.1, 0.15) is 20.8 Å². The molecule has 0 saturated carbocycles. The van der Waals surface area contributed by atoms with Gasteiger partial charge in [0.15, 0.2) is 0 Å². The molecule has 1 aromatic carbocycles. The van der Waals surface area contributed by atoms with E-state index in [2.05, 4.69) is 6.92 Å². The zero-order valence-corrected chi connectivity index (χ0v) is 8.94. The molecule has 1 aromatic rings. The number of hydrogen-bond acceptors (Lipinski definition) is 2. The van der Waals surface area contributed by atoms with Crippen LogP contribution in [-0.4, -0.2) is 18.7 Å². The summed E-state index contributed by atoms with van der Waals surface area (Å²) in [6.45, 7) is 5.52. The van der Waals surface area contributed by atoms with Gasteiger partial charge in [-0.2, -0.15) is 0 Å². The maximum absolute atomic E-state index is 8.05. The summed E-state index contributed by atoms with van der Waals surface area (Å²) in [5.74, 6) is 0. The minimum Gasteiger partial charge on any atom is -0.354 e. The van der Waals surface area contributed by atoms with Crippen LogP contribution < -0.4 is 10.2 Å². The summed E-state index contributed by atoms with van der Waals surface area (Å²) < 4.78 is 15.9. The number of nitrogens with zero attached hydrogens (tertiary/aromatic N) is 1. The van der Waals surface area contributed by atoms with Gasteiger partial charge in [0.1, 0.15) is 1.41 Å². The molecule has 2 unspecified atom stereocenters. The maximum Gasteiger partial charge on any atom is 0.124 e. The van der Waals surface area contributed by atoms with Gasteiger partial charge in [-0.15, -0.1) is 0 Å². The average molecular weight is 192 g/mol. The molecule has 1 fully saturated rings. The second-order valence-corrected chi connectivity index (χ2v) is 3.94. The normalized spacial score (nSPS) is 35.6. The molecule has 2 rings (SSSR count). The van der Waals surface area contributed by atoms with Crippen LogP contribution in [0.15, 0.2) is 24.3 Å². The van der Waals surface area contributed by atoms with Crippen molar-refractivity contribution in [2.24, 2.45) is 0 Å². The standard InChI is InChI=1S/C12H18N2/c1-9-6-4-5-7-12(9)14-8-13-10(2)11(14)3/h4-7,10-11,13H,8H2,1-3H3/t10?,11-/m0/s1/i8D/hD/t8?,10?,11-. The highest BCUT2D eigenvalue weighted by Gasteiger charge is 2.27. The topological polar surface area (TPSA) is 15.3 Å². The third-order valence-electron chi connectivity index (χ3n) is 2.96. The van der Waals surface area contributed by atoms with Crippen LogP contribution >= 0.6 is 0 Å². The summed E-state index contributed by atoms with van der Waals surface area (Å²) >= 11 is 0. The first-order valence-corrected chi connectivity index (χ1v) is 5.07. The van der Waals surface area contributed by atoms with Crippen LogP contribution in [0.3, 0.4) is 0 Å². The molecule has 0 amide bonds. The molecule has 1 aliphatic heterocycles. The summed E-state index contributed by atoms with van der Waals surface area (Å²) in [4.78, 5) is 2.01. The van der Waals surface area contributed by atoms with Gasteiger partial charge in [-0.25, -0.2) is 0 Å². The van der Waals surface area contributed by atoms with Crippen LogP contribution in [0.25, 0.3) is 0 Å². The molecule has 1 aliphatic rings. The highest BCUT2D eigenvalue weighted by atomic mass is 15.3. The minimum atomic E-state index is -0.605. The molecule has 0 spiro atoms. The molecule has 1 heterocycles. The lowest BCUT2D eigenvalue weighted by Gasteiger charge is -2.25. The number of anilines is 1. The van der Waals surface area contributed by atoms with E-state index < -0.39 is 6.64 Å². The summed E-state index contributed by atoms with van der Waals surface area (Å²) in [6.07, 6.45) is 0. The Kier molecular flexibility index (Phi) is 1.89. The Hall–Kier alpha value is -1.02. The van der Waals surface area contributed by atoms with E-state index in [9.17, 15) is 0 Å². The molecular weight excluding hydrogens is 172 g/mol. The number of para-hydroxylation sites is 1. The lowest BCUT2D eigenvalue weighted by atomic mass is 10.1. The van der Waals surface area contributed by atoms with Crippen molar-refractivity contribution in [1.29, 1.82) is 0 Å². The Bertz CT molecular complexity index is 369. The van der Waals surface area contributed by atoms with Gasteiger partial charge < -0.3 is 4.90 Å². The van der Waals surface area contributed by atoms with Crippen molar-refractivity contribution < 1.29 is 2.78 Å². The molecule has 0 bridgehead atoms. The first kappa shape index (κ1) is 7.30. The van der Waals surface area contributed by atoms with E-state index in [-0.39, 0.29) is 12.1 Å². The highest BCUT2D eigenvalue weighted by molar-refractivity contribution is 5.54. The predicted octanol–water partition coefficient (Wildman–Crippen LogP) is 2.14. The lowest BCUT2D eigenvalue weighted by Crippen LogP contribution is -2.31. The van der Waals surface area contributed by atoms with E-state index >= 15 is 0 Å². The van der Waals surface area contributed by atoms with E-state index in [0.717, 1.165) is 11.3 Å². The average Bonchev–Trinajstić information content (AvgIpc) is 2.45. The van der Waals surface area contributed by atoms with Crippen LogP contribution in [0.2, 0.25) is 1.41 Å². The molecule has 1 saturated heterocycles. The monoisotopic (exact) mass is 192 g/mol. The summed E-state index contributed by atoms with van der Waals surface area (Å²) in [5.41, 5.74) is 2.23. The quantitative estimate of drug-likeness (QED) is 0.733. The zero-order valence-electron chi connectivity index (χ0n) is 10.9. The smallest absolute Gasteiger partial charge is 0.124 e. The molecular formula is C12H18N2. The first-order chi connectivity index (χ1) is 7.54. The third-order valence-corrected chi connectivity index (χ3v) is 2.96. The summed E-state index contributed by atoms with van der Waals surface area (Å²) in [6, 6.07) is 8.34. The van der Waals surface area contributed by atoms with E-state index in [1.54, 1.807) is 0 Å². The second kappa shape index (κ2) is 3.62. The summed E-state index contributed by atoms with van der Waals surface area (Å²) in [7, 11) is 0. The Labute approximate surface area is 88.8 Å². The molecule has 14 heavy (non-hydrogen) atoms. The van der Waals surface area contributed by atoms with E-state index in [1.807, 2.05) is 43.0 Å². The Morgan fingerprint density at radius 3 is 2.79 bits per heavy atom. The van der Waals surface area contributed by atoms with Crippen molar-refractivity contribution >= 4 is 5.69 Å². The Morgan fingerprint density at radius 1 is 1.50 bits per heavy atom. The van der Waals surface area contributed by atoms with E-state index in [1.165, 1.54) is 5.31 Å². The third kappa shape index (κ3) is 1.50. The maximum atomic E-state index is 8.05. The molecule has 76 valence electrons. The van der Waals surface area contributed by atoms with Gasteiger partial charge in [0, 0.05) is 17.8 Å². The van der Waals surface area contributed by atoms with Crippen LogP contribution in [0.5, 0.6) is 0 Å². The predicted molar refractivity (Wildman–Crippen MR) is 60.6 cm³/mol. The van der Waals surface area contributed by atoms with Crippen molar-refractivity contribution in [2.75, 3.05) is 11.5 Å². The molecule has 0 radical (unpaired) electrons. The SMILES string of the molecule is [2H]C1N([2H])C(C)[C@H](C)N1c1ccccc1C. The Balaban J connectivity index is 2.38. The fourth-order valence-corrected chi connectivity index (χ4v) is 1.77. The second-order valence-electron chi connectivity index (χ2n) is 3.94. The molecule has 2 nitrogen and oxygen atoms in total. The van der Waals surface area contributed by atoms with Gasteiger partial charge in [-0.05, 0) is 32.4 Å².